The highest BCUT2D eigenvalue weighted by Crippen LogP contribution is 2.44. The summed E-state index contributed by atoms with van der Waals surface area (Å²) < 4.78 is 52.0. The zero-order valence-corrected chi connectivity index (χ0v) is 15.5. The molecule has 0 bridgehead atoms. The largest absolute Gasteiger partial charge is 0.459 e. The first kappa shape index (κ1) is 20.5. The van der Waals surface area contributed by atoms with Crippen LogP contribution in [0.1, 0.15) is 39.2 Å². The fraction of sp³-hybridized carbons (Fsp3) is 0.550. The summed E-state index contributed by atoms with van der Waals surface area (Å²) in [6.07, 6.45) is -2.36. The molecule has 0 spiro atoms. The summed E-state index contributed by atoms with van der Waals surface area (Å²) in [7, 11) is 0.880. The predicted octanol–water partition coefficient (Wildman–Crippen LogP) is 5.01. The van der Waals surface area contributed by atoms with Gasteiger partial charge < -0.3 is 9.47 Å². The minimum atomic E-state index is -4.95. The van der Waals surface area contributed by atoms with Crippen LogP contribution in [0.5, 0.6) is 0 Å². The van der Waals surface area contributed by atoms with Crippen LogP contribution in [0, 0.1) is 11.8 Å². The van der Waals surface area contributed by atoms with Crippen LogP contribution in [0.2, 0.25) is 0 Å². The molecule has 0 unspecified atom stereocenters. The number of alkyl halides is 3. The quantitative estimate of drug-likeness (QED) is 0.540. The molecule has 1 aromatic rings. The van der Waals surface area contributed by atoms with Crippen molar-refractivity contribution >= 4 is 5.97 Å². The molecule has 0 saturated heterocycles. The summed E-state index contributed by atoms with van der Waals surface area (Å²) in [4.78, 5) is 12.7. The summed E-state index contributed by atoms with van der Waals surface area (Å²) in [6, 6.07) is 6.90. The third-order valence-electron chi connectivity index (χ3n) is 5.00. The third-order valence-corrected chi connectivity index (χ3v) is 5.00. The van der Waals surface area contributed by atoms with Gasteiger partial charge in [0.1, 0.15) is 6.10 Å². The van der Waals surface area contributed by atoms with Gasteiger partial charge in [-0.3, -0.25) is 0 Å². The van der Waals surface area contributed by atoms with Gasteiger partial charge in [-0.05, 0) is 18.3 Å². The second kappa shape index (κ2) is 7.82. The second-order valence-electron chi connectivity index (χ2n) is 7.04. The molecule has 1 aliphatic rings. The van der Waals surface area contributed by atoms with E-state index in [1.807, 2.05) is 20.8 Å². The monoisotopic (exact) mass is 370 g/mol. The fourth-order valence-corrected chi connectivity index (χ4v) is 3.24. The van der Waals surface area contributed by atoms with Crippen molar-refractivity contribution in [2.45, 2.75) is 51.5 Å². The molecule has 0 aromatic heterocycles. The van der Waals surface area contributed by atoms with E-state index >= 15 is 0 Å². The molecule has 144 valence electrons. The maximum absolute atomic E-state index is 13.9. The second-order valence-corrected chi connectivity index (χ2v) is 7.04. The van der Waals surface area contributed by atoms with Crippen molar-refractivity contribution in [2.75, 3.05) is 7.11 Å². The van der Waals surface area contributed by atoms with Crippen molar-refractivity contribution in [2.24, 2.45) is 11.8 Å². The molecule has 0 radical (unpaired) electrons. The summed E-state index contributed by atoms with van der Waals surface area (Å²) in [5.74, 6) is -1.21. The molecule has 2 rings (SSSR count). The SMILES string of the molecule is CO[C@@](C(=O)O[C@H]1CC(C(C)C)=CC[C@@H]1C)(c1ccccc1)C(F)(F)F. The summed E-state index contributed by atoms with van der Waals surface area (Å²) in [6.45, 7) is 5.90. The van der Waals surface area contributed by atoms with Gasteiger partial charge in [-0.15, -0.1) is 0 Å². The average molecular weight is 370 g/mol. The zero-order valence-electron chi connectivity index (χ0n) is 15.5. The number of esters is 1. The first-order valence-electron chi connectivity index (χ1n) is 8.70. The number of ether oxygens (including phenoxy) is 2. The Bertz CT molecular complexity index is 652. The first-order chi connectivity index (χ1) is 12.1. The number of carbonyl (C=O) groups is 1. The van der Waals surface area contributed by atoms with Crippen molar-refractivity contribution in [1.29, 1.82) is 0 Å². The Morgan fingerprint density at radius 2 is 1.81 bits per heavy atom. The van der Waals surface area contributed by atoms with E-state index in [2.05, 4.69) is 6.08 Å². The molecule has 0 N–H and O–H groups in total. The van der Waals surface area contributed by atoms with Crippen molar-refractivity contribution in [1.82, 2.24) is 0 Å². The number of halogens is 3. The lowest BCUT2D eigenvalue weighted by atomic mass is 9.83. The van der Waals surface area contributed by atoms with Crippen LogP contribution in [0.25, 0.3) is 0 Å². The number of benzene rings is 1. The summed E-state index contributed by atoms with van der Waals surface area (Å²) in [5, 5.41) is 0. The molecule has 0 saturated carbocycles. The maximum atomic E-state index is 13.9. The van der Waals surface area contributed by atoms with Crippen LogP contribution < -0.4 is 0 Å². The van der Waals surface area contributed by atoms with E-state index in [1.54, 1.807) is 6.07 Å². The van der Waals surface area contributed by atoms with Gasteiger partial charge in [0.15, 0.2) is 0 Å². The van der Waals surface area contributed by atoms with Gasteiger partial charge >= 0.3 is 12.1 Å². The topological polar surface area (TPSA) is 35.5 Å². The molecule has 0 fully saturated rings. The highest BCUT2D eigenvalue weighted by atomic mass is 19.4. The van der Waals surface area contributed by atoms with Crippen LogP contribution in [0.15, 0.2) is 42.0 Å². The van der Waals surface area contributed by atoms with E-state index in [0.29, 0.717) is 12.8 Å². The number of methoxy groups -OCH3 is 1. The minimum Gasteiger partial charge on any atom is -0.459 e. The molecule has 6 heteroatoms. The first-order valence-corrected chi connectivity index (χ1v) is 8.70. The smallest absolute Gasteiger partial charge is 0.432 e. The Morgan fingerprint density at radius 3 is 2.31 bits per heavy atom. The van der Waals surface area contributed by atoms with Gasteiger partial charge in [0.05, 0.1) is 0 Å². The Balaban J connectivity index is 2.35. The minimum absolute atomic E-state index is 0.0555. The molecule has 3 atom stereocenters. The van der Waals surface area contributed by atoms with Gasteiger partial charge in [0.25, 0.3) is 5.60 Å². The summed E-state index contributed by atoms with van der Waals surface area (Å²) >= 11 is 0. The Labute approximate surface area is 152 Å². The van der Waals surface area contributed by atoms with E-state index in [1.165, 1.54) is 24.3 Å². The normalized spacial score (nSPS) is 23.3. The number of hydrogen-bond donors (Lipinski definition) is 0. The van der Waals surface area contributed by atoms with Crippen LogP contribution in [-0.2, 0) is 19.9 Å². The van der Waals surface area contributed by atoms with Crippen molar-refractivity contribution in [3.8, 4) is 0 Å². The van der Waals surface area contributed by atoms with Gasteiger partial charge in [-0.1, -0.05) is 62.8 Å². The van der Waals surface area contributed by atoms with E-state index in [-0.39, 0.29) is 17.4 Å². The molecular formula is C20H25F3O3. The highest BCUT2D eigenvalue weighted by molar-refractivity contribution is 5.83. The third kappa shape index (κ3) is 3.80. The predicted molar refractivity (Wildman–Crippen MR) is 92.4 cm³/mol. The Morgan fingerprint density at radius 1 is 1.19 bits per heavy atom. The lowest BCUT2D eigenvalue weighted by Gasteiger charge is -2.36. The molecule has 1 aliphatic carbocycles. The molecule has 1 aromatic carbocycles. The number of rotatable bonds is 5. The molecule has 0 heterocycles. The summed E-state index contributed by atoms with van der Waals surface area (Å²) in [5.41, 5.74) is -2.33. The lowest BCUT2D eigenvalue weighted by molar-refractivity contribution is -0.279. The zero-order chi connectivity index (χ0) is 19.5. The Hall–Kier alpha value is -1.82. The Kier molecular flexibility index (Phi) is 6.17. The molecule has 3 nitrogen and oxygen atoms in total. The van der Waals surface area contributed by atoms with Crippen LogP contribution in [-0.4, -0.2) is 25.4 Å². The van der Waals surface area contributed by atoms with Crippen LogP contribution in [0.3, 0.4) is 0 Å². The average Bonchev–Trinajstić information content (AvgIpc) is 2.57. The lowest BCUT2D eigenvalue weighted by Crippen LogP contribution is -2.53. The molecule has 0 amide bonds. The molecule has 26 heavy (non-hydrogen) atoms. The van der Waals surface area contributed by atoms with Gasteiger partial charge in [0.2, 0.25) is 0 Å². The standard InChI is InChI=1S/C20H25F3O3/c1-13(2)15-11-10-14(3)17(12-15)26-18(24)19(25-4,20(21,22)23)16-8-6-5-7-9-16/h5-9,11,13-14,17H,10,12H2,1-4H3/t14-,17-,19+/m0/s1. The molecular weight excluding hydrogens is 345 g/mol. The maximum Gasteiger partial charge on any atom is 0.432 e. The van der Waals surface area contributed by atoms with Gasteiger partial charge in [-0.2, -0.15) is 13.2 Å². The number of hydrogen-bond acceptors (Lipinski definition) is 3. The number of carbonyl (C=O) groups excluding carboxylic acids is 1. The van der Waals surface area contributed by atoms with Gasteiger partial charge in [-0.25, -0.2) is 4.79 Å². The van der Waals surface area contributed by atoms with Gasteiger partial charge in [0, 0.05) is 19.1 Å². The van der Waals surface area contributed by atoms with Crippen LogP contribution in [0.4, 0.5) is 13.2 Å². The fourth-order valence-electron chi connectivity index (χ4n) is 3.24. The van der Waals surface area contributed by atoms with Crippen molar-refractivity contribution in [3.05, 3.63) is 47.5 Å². The van der Waals surface area contributed by atoms with Crippen molar-refractivity contribution < 1.29 is 27.4 Å². The van der Waals surface area contributed by atoms with E-state index in [4.69, 9.17) is 9.47 Å². The van der Waals surface area contributed by atoms with E-state index in [9.17, 15) is 18.0 Å². The van der Waals surface area contributed by atoms with E-state index < -0.39 is 23.9 Å². The molecule has 0 aliphatic heterocycles. The van der Waals surface area contributed by atoms with Crippen LogP contribution >= 0.6 is 0 Å². The van der Waals surface area contributed by atoms with E-state index in [0.717, 1.165) is 12.7 Å². The number of allylic oxidation sites excluding steroid dienone is 1. The van der Waals surface area contributed by atoms with Crippen molar-refractivity contribution in [3.63, 3.8) is 0 Å². The highest BCUT2D eigenvalue weighted by Gasteiger charge is 2.64.